The van der Waals surface area contributed by atoms with Gasteiger partial charge in [-0.3, -0.25) is 14.8 Å². The first kappa shape index (κ1) is 16.5. The summed E-state index contributed by atoms with van der Waals surface area (Å²) < 4.78 is 1.60. The molecule has 1 atom stereocenters. The lowest BCUT2D eigenvalue weighted by molar-refractivity contribution is 0.160. The molecule has 2 aliphatic carbocycles. The Kier molecular flexibility index (Phi) is 4.17. The number of aromatic amines is 1. The molecule has 0 saturated heterocycles. The van der Waals surface area contributed by atoms with Gasteiger partial charge in [0.25, 0.3) is 5.56 Å². The fourth-order valence-electron chi connectivity index (χ4n) is 4.27. The Balaban J connectivity index is 1.41. The molecule has 0 spiro atoms. The third kappa shape index (κ3) is 3.23. The molecule has 138 valence electrons. The lowest BCUT2D eigenvalue weighted by Gasteiger charge is -2.34. The smallest absolute Gasteiger partial charge is 0.276 e. The summed E-state index contributed by atoms with van der Waals surface area (Å²) in [5.74, 6) is 0.664. The topological polar surface area (TPSA) is 53.9 Å². The van der Waals surface area contributed by atoms with E-state index in [0.717, 1.165) is 37.1 Å². The molecule has 1 fully saturated rings. The Morgan fingerprint density at radius 3 is 2.59 bits per heavy atom. The van der Waals surface area contributed by atoms with Gasteiger partial charge in [0.05, 0.1) is 0 Å². The normalized spacial score (nSPS) is 19.2. The Labute approximate surface area is 158 Å². The molecule has 0 bridgehead atoms. The van der Waals surface area contributed by atoms with Crippen LogP contribution in [0, 0.1) is 0 Å². The molecule has 5 heteroatoms. The molecule has 27 heavy (non-hydrogen) atoms. The first-order valence-corrected chi connectivity index (χ1v) is 9.83. The van der Waals surface area contributed by atoms with Gasteiger partial charge >= 0.3 is 0 Å². The average molecular weight is 360 g/mol. The van der Waals surface area contributed by atoms with E-state index in [2.05, 4.69) is 45.3 Å². The molecule has 0 aliphatic heterocycles. The predicted molar refractivity (Wildman–Crippen MR) is 105 cm³/mol. The van der Waals surface area contributed by atoms with Crippen LogP contribution in [0.4, 0.5) is 0 Å². The molecule has 1 saturated carbocycles. The van der Waals surface area contributed by atoms with Crippen LogP contribution in [0.2, 0.25) is 0 Å². The van der Waals surface area contributed by atoms with Crippen molar-refractivity contribution in [2.45, 2.75) is 50.7 Å². The number of benzene rings is 1. The summed E-state index contributed by atoms with van der Waals surface area (Å²) in [4.78, 5) is 20.0. The van der Waals surface area contributed by atoms with Crippen molar-refractivity contribution < 1.29 is 0 Å². The van der Waals surface area contributed by atoms with Gasteiger partial charge in [-0.1, -0.05) is 36.4 Å². The highest BCUT2D eigenvalue weighted by Gasteiger charge is 2.36. The van der Waals surface area contributed by atoms with E-state index in [1.54, 1.807) is 10.9 Å². The monoisotopic (exact) mass is 360 g/mol. The Hall–Kier alpha value is -2.66. The average Bonchev–Trinajstić information content (AvgIpc) is 3.51. The zero-order valence-corrected chi connectivity index (χ0v) is 15.3. The first-order chi connectivity index (χ1) is 13.3. The van der Waals surface area contributed by atoms with Gasteiger partial charge in [-0.15, -0.1) is 0 Å². The summed E-state index contributed by atoms with van der Waals surface area (Å²) in [5.41, 5.74) is 3.44. The third-order valence-electron chi connectivity index (χ3n) is 5.81. The van der Waals surface area contributed by atoms with E-state index in [1.807, 2.05) is 18.2 Å². The van der Waals surface area contributed by atoms with Crippen LogP contribution in [0.25, 0.3) is 5.82 Å². The summed E-state index contributed by atoms with van der Waals surface area (Å²) in [6, 6.07) is 17.4. The van der Waals surface area contributed by atoms with Crippen LogP contribution in [0.15, 0.2) is 59.5 Å². The summed E-state index contributed by atoms with van der Waals surface area (Å²) >= 11 is 0. The highest BCUT2D eigenvalue weighted by atomic mass is 16.1. The maximum Gasteiger partial charge on any atom is 0.276 e. The lowest BCUT2D eigenvalue weighted by Crippen LogP contribution is -2.41. The molecular formula is C22H24N4O. The quantitative estimate of drug-likeness (QED) is 0.761. The number of pyridine rings is 1. The number of hydrogen-bond donors (Lipinski definition) is 1. The number of rotatable bonds is 5. The van der Waals surface area contributed by atoms with Crippen LogP contribution in [0.5, 0.6) is 0 Å². The minimum Gasteiger partial charge on any atom is -0.293 e. The van der Waals surface area contributed by atoms with Crippen molar-refractivity contribution in [1.29, 1.82) is 0 Å². The minimum atomic E-state index is 0.0591. The molecule has 0 amide bonds. The van der Waals surface area contributed by atoms with Crippen molar-refractivity contribution in [2.24, 2.45) is 0 Å². The van der Waals surface area contributed by atoms with Crippen molar-refractivity contribution in [1.82, 2.24) is 19.7 Å². The molecule has 2 aromatic heterocycles. The van der Waals surface area contributed by atoms with Crippen molar-refractivity contribution in [3.8, 4) is 5.82 Å². The van der Waals surface area contributed by atoms with E-state index in [1.165, 1.54) is 18.4 Å². The molecule has 1 N–H and O–H groups in total. The van der Waals surface area contributed by atoms with Gasteiger partial charge in [-0.25, -0.2) is 9.67 Å². The van der Waals surface area contributed by atoms with Crippen LogP contribution in [-0.2, 0) is 19.4 Å². The third-order valence-corrected chi connectivity index (χ3v) is 5.81. The van der Waals surface area contributed by atoms with E-state index in [-0.39, 0.29) is 5.56 Å². The fraction of sp³-hybridized carbons (Fsp3) is 0.364. The van der Waals surface area contributed by atoms with Gasteiger partial charge in [0.2, 0.25) is 0 Å². The van der Waals surface area contributed by atoms with Crippen LogP contribution in [-0.4, -0.2) is 31.7 Å². The second-order valence-corrected chi connectivity index (χ2v) is 7.68. The highest BCUT2D eigenvalue weighted by Crippen LogP contribution is 2.34. The summed E-state index contributed by atoms with van der Waals surface area (Å²) in [6.07, 6.45) is 7.13. The number of fused-ring (bicyclic) bond motifs is 1. The molecule has 0 radical (unpaired) electrons. The summed E-state index contributed by atoms with van der Waals surface area (Å²) in [7, 11) is 0. The van der Waals surface area contributed by atoms with Crippen LogP contribution in [0.1, 0.15) is 36.1 Å². The van der Waals surface area contributed by atoms with Gasteiger partial charge < -0.3 is 0 Å². The number of aryl methyl sites for hydroxylation is 1. The standard InChI is InChI=1S/C22H24N4O/c27-22-19-14-18(25(17-9-10-17)15-16-6-2-1-3-7-16)11-12-20(19)24-26(22)21-8-4-5-13-23-21/h1-8,13,17-18,24H,9-12,14-15H2. The SMILES string of the molecule is O=c1c2c([nH]n1-c1ccccn1)CCC(N(Cc1ccccc1)C1CC1)C2. The van der Waals surface area contributed by atoms with Gasteiger partial charge in [0.1, 0.15) is 0 Å². The molecule has 2 heterocycles. The van der Waals surface area contributed by atoms with E-state index < -0.39 is 0 Å². The van der Waals surface area contributed by atoms with Crippen LogP contribution >= 0.6 is 0 Å². The first-order valence-electron chi connectivity index (χ1n) is 9.83. The van der Waals surface area contributed by atoms with E-state index in [0.29, 0.717) is 17.9 Å². The van der Waals surface area contributed by atoms with Gasteiger partial charge in [-0.2, -0.15) is 0 Å². The predicted octanol–water partition coefficient (Wildman–Crippen LogP) is 3.08. The van der Waals surface area contributed by atoms with E-state index >= 15 is 0 Å². The molecule has 2 aliphatic rings. The summed E-state index contributed by atoms with van der Waals surface area (Å²) in [5, 5.41) is 3.30. The Bertz CT molecular complexity index is 973. The highest BCUT2D eigenvalue weighted by molar-refractivity contribution is 5.29. The Morgan fingerprint density at radius 2 is 1.85 bits per heavy atom. The molecule has 3 aromatic rings. The zero-order valence-electron chi connectivity index (χ0n) is 15.3. The van der Waals surface area contributed by atoms with Crippen molar-refractivity contribution in [3.05, 3.63) is 81.9 Å². The van der Waals surface area contributed by atoms with Gasteiger partial charge in [0, 0.05) is 36.1 Å². The maximum absolute atomic E-state index is 13.0. The zero-order chi connectivity index (χ0) is 18.2. The minimum absolute atomic E-state index is 0.0591. The number of nitrogens with one attached hydrogen (secondary N) is 1. The number of nitrogens with zero attached hydrogens (tertiary/aromatic N) is 3. The molecule has 1 unspecified atom stereocenters. The van der Waals surface area contributed by atoms with Crippen molar-refractivity contribution in [2.75, 3.05) is 0 Å². The second kappa shape index (κ2) is 6.82. The van der Waals surface area contributed by atoms with E-state index in [4.69, 9.17) is 0 Å². The second-order valence-electron chi connectivity index (χ2n) is 7.68. The molecule has 5 nitrogen and oxygen atoms in total. The lowest BCUT2D eigenvalue weighted by atomic mass is 9.91. The van der Waals surface area contributed by atoms with Crippen molar-refractivity contribution in [3.63, 3.8) is 0 Å². The molecule has 5 rings (SSSR count). The number of hydrogen-bond acceptors (Lipinski definition) is 3. The van der Waals surface area contributed by atoms with Gasteiger partial charge in [-0.05, 0) is 49.8 Å². The van der Waals surface area contributed by atoms with Crippen LogP contribution in [0.3, 0.4) is 0 Å². The van der Waals surface area contributed by atoms with Crippen molar-refractivity contribution >= 4 is 0 Å². The van der Waals surface area contributed by atoms with Gasteiger partial charge in [0.15, 0.2) is 5.82 Å². The number of aromatic nitrogens is 3. The Morgan fingerprint density at radius 1 is 1.04 bits per heavy atom. The maximum atomic E-state index is 13.0. The number of H-pyrrole nitrogens is 1. The summed E-state index contributed by atoms with van der Waals surface area (Å²) in [6.45, 7) is 0.977. The largest absolute Gasteiger partial charge is 0.293 e. The molecule has 1 aromatic carbocycles. The fourth-order valence-corrected chi connectivity index (χ4v) is 4.27. The van der Waals surface area contributed by atoms with E-state index in [9.17, 15) is 4.79 Å². The molecular weight excluding hydrogens is 336 g/mol. The van der Waals surface area contributed by atoms with Crippen LogP contribution < -0.4 is 5.56 Å².